The van der Waals surface area contributed by atoms with Crippen molar-refractivity contribution >= 4 is 50.7 Å². The van der Waals surface area contributed by atoms with Gasteiger partial charge in [-0.25, -0.2) is 4.98 Å². The van der Waals surface area contributed by atoms with Gasteiger partial charge in [0.05, 0.1) is 51.8 Å². The van der Waals surface area contributed by atoms with Crippen LogP contribution in [0.15, 0.2) is 91.5 Å². The lowest BCUT2D eigenvalue weighted by atomic mass is 10.1. The van der Waals surface area contributed by atoms with Crippen LogP contribution in [0.5, 0.6) is 0 Å². The number of nitrogens with zero attached hydrogens (tertiary/aromatic N) is 4. The zero-order chi connectivity index (χ0) is 28.6. The van der Waals surface area contributed by atoms with E-state index < -0.39 is 0 Å². The molecule has 0 saturated heterocycles. The summed E-state index contributed by atoms with van der Waals surface area (Å²) in [5.41, 5.74) is 7.75. The summed E-state index contributed by atoms with van der Waals surface area (Å²) in [5.74, 6) is -0.0743. The van der Waals surface area contributed by atoms with E-state index in [4.69, 9.17) is 4.98 Å². The van der Waals surface area contributed by atoms with Gasteiger partial charge in [-0.15, -0.1) is 11.3 Å². The van der Waals surface area contributed by atoms with E-state index in [-0.39, 0.29) is 18.1 Å². The molecule has 6 heterocycles. The van der Waals surface area contributed by atoms with Gasteiger partial charge in [0.15, 0.2) is 5.78 Å². The highest BCUT2D eigenvalue weighted by molar-refractivity contribution is 7.17. The summed E-state index contributed by atoms with van der Waals surface area (Å²) in [6, 6.07) is 21.1. The number of nitrogens with one attached hydrogen (secondary N) is 3. The molecule has 42 heavy (non-hydrogen) atoms. The van der Waals surface area contributed by atoms with Gasteiger partial charge in [-0.05, 0) is 48.9 Å². The molecule has 0 spiro atoms. The fourth-order valence-corrected chi connectivity index (χ4v) is 5.85. The Hall–Kier alpha value is -5.48. The maximum absolute atomic E-state index is 12.6. The van der Waals surface area contributed by atoms with Crippen LogP contribution in [0.25, 0.3) is 55.0 Å². The molecule has 6 aromatic heterocycles. The van der Waals surface area contributed by atoms with Gasteiger partial charge in [-0.1, -0.05) is 30.3 Å². The molecule has 0 unspecified atom stereocenters. The Balaban J connectivity index is 1.21. The van der Waals surface area contributed by atoms with Crippen LogP contribution in [0.4, 0.5) is 5.69 Å². The SMILES string of the molecule is CC(=O)c1ccc(-c2cncc3[nH]c(-c4n[nH]c5ccc(-c6cncc(NC(=O)Cc7ccccc7)c6)nc45)cc23)s1. The fourth-order valence-electron chi connectivity index (χ4n) is 4.93. The van der Waals surface area contributed by atoms with Crippen molar-refractivity contribution in [2.45, 2.75) is 13.3 Å². The van der Waals surface area contributed by atoms with E-state index in [1.54, 1.807) is 25.5 Å². The summed E-state index contributed by atoms with van der Waals surface area (Å²) in [5, 5.41) is 11.6. The largest absolute Gasteiger partial charge is 0.352 e. The van der Waals surface area contributed by atoms with Crippen molar-refractivity contribution in [2.75, 3.05) is 5.32 Å². The van der Waals surface area contributed by atoms with Crippen LogP contribution in [0.1, 0.15) is 22.2 Å². The molecular weight excluding hydrogens is 546 g/mol. The number of carbonyl (C=O) groups is 2. The van der Waals surface area contributed by atoms with Gasteiger partial charge in [-0.2, -0.15) is 5.10 Å². The maximum Gasteiger partial charge on any atom is 0.228 e. The minimum absolute atomic E-state index is 0.0429. The first-order chi connectivity index (χ1) is 20.5. The van der Waals surface area contributed by atoms with Gasteiger partial charge in [0.25, 0.3) is 0 Å². The third-order valence-electron chi connectivity index (χ3n) is 6.95. The average Bonchev–Trinajstić information content (AvgIpc) is 3.75. The normalized spacial score (nSPS) is 11.3. The lowest BCUT2D eigenvalue weighted by Gasteiger charge is -2.07. The third-order valence-corrected chi connectivity index (χ3v) is 8.17. The van der Waals surface area contributed by atoms with Gasteiger partial charge in [0, 0.05) is 33.8 Å². The molecule has 0 fully saturated rings. The second kappa shape index (κ2) is 10.5. The summed E-state index contributed by atoms with van der Waals surface area (Å²) >= 11 is 1.45. The van der Waals surface area contributed by atoms with Gasteiger partial charge < -0.3 is 10.3 Å². The smallest absolute Gasteiger partial charge is 0.228 e. The van der Waals surface area contributed by atoms with Crippen LogP contribution in [-0.4, -0.2) is 41.8 Å². The predicted octanol–water partition coefficient (Wildman–Crippen LogP) is 6.68. The van der Waals surface area contributed by atoms with Crippen LogP contribution in [0.2, 0.25) is 0 Å². The number of fused-ring (bicyclic) bond motifs is 2. The number of benzene rings is 1. The van der Waals surface area contributed by atoms with Crippen LogP contribution in [0.3, 0.4) is 0 Å². The maximum atomic E-state index is 12.6. The fraction of sp³-hybridized carbons (Fsp3) is 0.0625. The van der Waals surface area contributed by atoms with Crippen LogP contribution in [0, 0.1) is 0 Å². The van der Waals surface area contributed by atoms with Crippen molar-refractivity contribution in [1.29, 1.82) is 0 Å². The number of anilines is 1. The number of hydrogen-bond acceptors (Lipinski definition) is 7. The Morgan fingerprint density at radius 2 is 1.76 bits per heavy atom. The minimum Gasteiger partial charge on any atom is -0.352 e. The Kier molecular flexibility index (Phi) is 6.37. The van der Waals surface area contributed by atoms with E-state index in [1.165, 1.54) is 11.3 Å². The zero-order valence-corrected chi connectivity index (χ0v) is 23.2. The summed E-state index contributed by atoms with van der Waals surface area (Å²) in [6.45, 7) is 1.57. The second-order valence-corrected chi connectivity index (χ2v) is 11.0. The molecule has 0 aliphatic carbocycles. The van der Waals surface area contributed by atoms with Gasteiger partial charge in [0.2, 0.25) is 5.91 Å². The van der Waals surface area contributed by atoms with E-state index in [0.717, 1.165) is 43.7 Å². The van der Waals surface area contributed by atoms with Crippen LogP contribution in [-0.2, 0) is 11.2 Å². The lowest BCUT2D eigenvalue weighted by Crippen LogP contribution is -2.14. The molecule has 0 aliphatic heterocycles. The number of ketones is 1. The molecule has 0 saturated carbocycles. The molecule has 7 rings (SSSR count). The van der Waals surface area contributed by atoms with Crippen molar-refractivity contribution < 1.29 is 9.59 Å². The number of aromatic amines is 2. The third kappa shape index (κ3) is 4.84. The number of thiophene rings is 1. The van der Waals surface area contributed by atoms with Crippen molar-refractivity contribution in [3.05, 3.63) is 102 Å². The summed E-state index contributed by atoms with van der Waals surface area (Å²) in [7, 11) is 0. The molecule has 1 amide bonds. The number of H-pyrrole nitrogens is 2. The molecule has 0 atom stereocenters. The molecule has 1 aromatic carbocycles. The van der Waals surface area contributed by atoms with Crippen molar-refractivity contribution in [3.8, 4) is 33.1 Å². The number of carbonyl (C=O) groups excluding carboxylic acids is 2. The number of aromatic nitrogens is 6. The first-order valence-corrected chi connectivity index (χ1v) is 14.1. The minimum atomic E-state index is -0.117. The molecule has 7 aromatic rings. The number of pyridine rings is 3. The summed E-state index contributed by atoms with van der Waals surface area (Å²) < 4.78 is 0. The van der Waals surface area contributed by atoms with Gasteiger partial charge in [0.1, 0.15) is 11.2 Å². The van der Waals surface area contributed by atoms with Gasteiger partial charge in [-0.3, -0.25) is 24.7 Å². The molecule has 3 N–H and O–H groups in total. The molecule has 0 bridgehead atoms. The predicted molar refractivity (Wildman–Crippen MR) is 164 cm³/mol. The first kappa shape index (κ1) is 25.5. The average molecular weight is 570 g/mol. The van der Waals surface area contributed by atoms with E-state index >= 15 is 0 Å². The monoisotopic (exact) mass is 569 g/mol. The standard InChI is InChI=1S/C32H23N7O2S/c1-18(40)28-9-10-29(42-28)23-16-34-17-27-22(23)13-26(36-27)32-31-25(38-39-32)8-7-24(37-31)20-12-21(15-33-14-20)35-30(41)11-19-5-3-2-4-6-19/h2-10,12-17,36H,11H2,1H3,(H,35,41)(H,38,39). The van der Waals surface area contributed by atoms with Crippen molar-refractivity contribution in [2.24, 2.45) is 0 Å². The van der Waals surface area contributed by atoms with E-state index in [9.17, 15) is 9.59 Å². The molecule has 0 radical (unpaired) electrons. The van der Waals surface area contributed by atoms with Crippen molar-refractivity contribution in [3.63, 3.8) is 0 Å². The highest BCUT2D eigenvalue weighted by Gasteiger charge is 2.17. The Bertz CT molecular complexity index is 2110. The van der Waals surface area contributed by atoms with E-state index in [2.05, 4.69) is 30.5 Å². The molecular formula is C32H23N7O2S. The summed E-state index contributed by atoms with van der Waals surface area (Å²) in [6.07, 6.45) is 7.21. The van der Waals surface area contributed by atoms with Crippen LogP contribution >= 0.6 is 11.3 Å². The Morgan fingerprint density at radius 1 is 0.905 bits per heavy atom. The molecule has 0 aliphatic rings. The van der Waals surface area contributed by atoms with Gasteiger partial charge >= 0.3 is 0 Å². The first-order valence-electron chi connectivity index (χ1n) is 13.2. The number of amides is 1. The number of hydrogen-bond donors (Lipinski definition) is 3. The van der Waals surface area contributed by atoms with E-state index in [1.807, 2.05) is 72.9 Å². The summed E-state index contributed by atoms with van der Waals surface area (Å²) in [4.78, 5) is 43.2. The Labute approximate surface area is 243 Å². The van der Waals surface area contributed by atoms with Crippen molar-refractivity contribution in [1.82, 2.24) is 30.1 Å². The zero-order valence-electron chi connectivity index (χ0n) is 22.4. The Morgan fingerprint density at radius 3 is 2.60 bits per heavy atom. The van der Waals surface area contributed by atoms with Crippen LogP contribution < -0.4 is 5.32 Å². The quantitative estimate of drug-likeness (QED) is 0.184. The second-order valence-electron chi connectivity index (χ2n) is 9.89. The molecule has 204 valence electrons. The highest BCUT2D eigenvalue weighted by Crippen LogP contribution is 2.36. The van der Waals surface area contributed by atoms with E-state index in [0.29, 0.717) is 27.5 Å². The highest BCUT2D eigenvalue weighted by atomic mass is 32.1. The lowest BCUT2D eigenvalue weighted by molar-refractivity contribution is -0.115. The topological polar surface area (TPSA) is 129 Å². The molecule has 10 heteroatoms. The molecule has 9 nitrogen and oxygen atoms in total. The number of rotatable bonds is 7. The number of Topliss-reactive ketones (excluding diaryl/α,β-unsaturated/α-hetero) is 1.